The first-order valence-electron chi connectivity index (χ1n) is 6.68. The molecule has 6 heteroatoms. The highest BCUT2D eigenvalue weighted by molar-refractivity contribution is 7.19. The molecule has 1 amide bonds. The highest BCUT2D eigenvalue weighted by atomic mass is 32.1. The van der Waals surface area contributed by atoms with Crippen molar-refractivity contribution in [2.24, 2.45) is 0 Å². The van der Waals surface area contributed by atoms with Crippen LogP contribution in [-0.2, 0) is 4.79 Å². The molecule has 0 aliphatic heterocycles. The third-order valence-electron chi connectivity index (χ3n) is 3.19. The standard InChI is InChI=1S/C16H13FN2OS2/c1-10-8-21-9-12(10)14-7-18-16(22-14)19-15(20)11-5-3-2-4-6-13(11)17/h2,4-9H,3H2,1H3,(H,18,19,20). The zero-order chi connectivity index (χ0) is 15.5. The number of aromatic nitrogens is 1. The van der Waals surface area contributed by atoms with Crippen molar-refractivity contribution in [2.75, 3.05) is 5.32 Å². The molecule has 1 aliphatic carbocycles. The van der Waals surface area contributed by atoms with E-state index in [0.29, 0.717) is 11.6 Å². The van der Waals surface area contributed by atoms with Crippen molar-refractivity contribution < 1.29 is 9.18 Å². The topological polar surface area (TPSA) is 42.0 Å². The molecule has 1 N–H and O–H groups in total. The van der Waals surface area contributed by atoms with Gasteiger partial charge in [0.1, 0.15) is 5.83 Å². The number of allylic oxidation sites excluding steroid dienone is 4. The van der Waals surface area contributed by atoms with Gasteiger partial charge in [-0.1, -0.05) is 29.6 Å². The summed E-state index contributed by atoms with van der Waals surface area (Å²) in [6.45, 7) is 2.04. The Bertz CT molecular complexity index is 799. The minimum Gasteiger partial charge on any atom is -0.298 e. The summed E-state index contributed by atoms with van der Waals surface area (Å²) in [6.07, 6.45) is 8.52. The number of anilines is 1. The van der Waals surface area contributed by atoms with Gasteiger partial charge in [0.05, 0.1) is 10.5 Å². The number of hydrogen-bond acceptors (Lipinski definition) is 4. The van der Waals surface area contributed by atoms with Gasteiger partial charge in [-0.3, -0.25) is 10.1 Å². The number of carbonyl (C=O) groups excluding carboxylic acids is 1. The molecular formula is C16H13FN2OS2. The first kappa shape index (κ1) is 14.9. The number of thiophene rings is 1. The predicted octanol–water partition coefficient (Wildman–Crippen LogP) is 4.86. The second-order valence-electron chi connectivity index (χ2n) is 4.75. The van der Waals surface area contributed by atoms with Crippen molar-refractivity contribution >= 4 is 33.7 Å². The van der Waals surface area contributed by atoms with Crippen molar-refractivity contribution in [3.8, 4) is 10.4 Å². The maximum absolute atomic E-state index is 13.8. The van der Waals surface area contributed by atoms with Gasteiger partial charge < -0.3 is 0 Å². The third kappa shape index (κ3) is 3.08. The molecule has 0 bridgehead atoms. The highest BCUT2D eigenvalue weighted by Crippen LogP contribution is 2.33. The van der Waals surface area contributed by atoms with Crippen molar-refractivity contribution in [3.63, 3.8) is 0 Å². The van der Waals surface area contributed by atoms with Crippen LogP contribution in [0.25, 0.3) is 10.4 Å². The molecular weight excluding hydrogens is 319 g/mol. The van der Waals surface area contributed by atoms with E-state index in [0.717, 1.165) is 10.4 Å². The lowest BCUT2D eigenvalue weighted by Crippen LogP contribution is -2.14. The molecule has 0 fully saturated rings. The molecule has 3 rings (SSSR count). The third-order valence-corrected chi connectivity index (χ3v) is 4.99. The molecule has 2 heterocycles. The van der Waals surface area contributed by atoms with Crippen molar-refractivity contribution in [2.45, 2.75) is 13.3 Å². The average molecular weight is 332 g/mol. The van der Waals surface area contributed by atoms with Crippen LogP contribution in [0.3, 0.4) is 0 Å². The van der Waals surface area contributed by atoms with Gasteiger partial charge in [0.15, 0.2) is 5.13 Å². The van der Waals surface area contributed by atoms with Gasteiger partial charge in [0.25, 0.3) is 5.91 Å². The van der Waals surface area contributed by atoms with E-state index in [1.165, 1.54) is 23.0 Å². The Labute approximate surface area is 135 Å². The molecule has 0 spiro atoms. The van der Waals surface area contributed by atoms with Crippen LogP contribution < -0.4 is 5.32 Å². The molecule has 0 atom stereocenters. The Kier molecular flexibility index (Phi) is 4.31. The van der Waals surface area contributed by atoms with E-state index >= 15 is 0 Å². The maximum Gasteiger partial charge on any atom is 0.260 e. The first-order chi connectivity index (χ1) is 10.6. The molecule has 1 aliphatic rings. The van der Waals surface area contributed by atoms with Crippen molar-refractivity contribution in [3.05, 3.63) is 58.2 Å². The summed E-state index contributed by atoms with van der Waals surface area (Å²) < 4.78 is 13.8. The number of carbonyl (C=O) groups is 1. The van der Waals surface area contributed by atoms with Crippen LogP contribution in [0.2, 0.25) is 0 Å². The average Bonchev–Trinajstić information content (AvgIpc) is 3.05. The SMILES string of the molecule is Cc1cscc1-c1cnc(NC(=O)C2=CCC=CC=C2F)s1. The van der Waals surface area contributed by atoms with Gasteiger partial charge in [-0.2, -0.15) is 11.3 Å². The second kappa shape index (κ2) is 6.37. The lowest BCUT2D eigenvalue weighted by molar-refractivity contribution is -0.112. The smallest absolute Gasteiger partial charge is 0.260 e. The van der Waals surface area contributed by atoms with Gasteiger partial charge in [0, 0.05) is 11.8 Å². The minimum atomic E-state index is -0.531. The molecule has 112 valence electrons. The quantitative estimate of drug-likeness (QED) is 0.872. The van der Waals surface area contributed by atoms with Crippen LogP contribution in [0.1, 0.15) is 12.0 Å². The van der Waals surface area contributed by atoms with Gasteiger partial charge in [0.2, 0.25) is 0 Å². The summed E-state index contributed by atoms with van der Waals surface area (Å²) >= 11 is 3.01. The fraction of sp³-hybridized carbons (Fsp3) is 0.125. The van der Waals surface area contributed by atoms with Gasteiger partial charge >= 0.3 is 0 Å². The number of nitrogens with zero attached hydrogens (tertiary/aromatic N) is 1. The van der Waals surface area contributed by atoms with Crippen LogP contribution in [0.15, 0.2) is 52.7 Å². The molecule has 0 unspecified atom stereocenters. The molecule has 0 aromatic carbocycles. The van der Waals surface area contributed by atoms with Crippen LogP contribution in [0.4, 0.5) is 9.52 Å². The monoisotopic (exact) mass is 332 g/mol. The van der Waals surface area contributed by atoms with E-state index in [-0.39, 0.29) is 5.57 Å². The number of aryl methyl sites for hydroxylation is 1. The maximum atomic E-state index is 13.8. The molecule has 0 radical (unpaired) electrons. The van der Waals surface area contributed by atoms with E-state index in [1.54, 1.807) is 35.8 Å². The predicted molar refractivity (Wildman–Crippen MR) is 89.8 cm³/mol. The molecule has 22 heavy (non-hydrogen) atoms. The molecule has 0 saturated carbocycles. The molecule has 2 aromatic rings. The number of rotatable bonds is 3. The fourth-order valence-corrected chi connectivity index (χ4v) is 3.85. The van der Waals surface area contributed by atoms with E-state index in [2.05, 4.69) is 21.1 Å². The van der Waals surface area contributed by atoms with E-state index < -0.39 is 11.7 Å². The Balaban J connectivity index is 1.77. The van der Waals surface area contributed by atoms with Gasteiger partial charge in [-0.05, 0) is 35.7 Å². The zero-order valence-electron chi connectivity index (χ0n) is 11.8. The number of hydrogen-bond donors (Lipinski definition) is 1. The Morgan fingerprint density at radius 3 is 3.05 bits per heavy atom. The Morgan fingerprint density at radius 1 is 1.41 bits per heavy atom. The normalized spacial score (nSPS) is 14.3. The minimum absolute atomic E-state index is 0.0495. The van der Waals surface area contributed by atoms with Crippen LogP contribution in [0, 0.1) is 6.92 Å². The zero-order valence-corrected chi connectivity index (χ0v) is 13.4. The van der Waals surface area contributed by atoms with Crippen LogP contribution in [0.5, 0.6) is 0 Å². The Hall–Kier alpha value is -2.05. The van der Waals surface area contributed by atoms with Gasteiger partial charge in [-0.15, -0.1) is 0 Å². The fourth-order valence-electron chi connectivity index (χ4n) is 2.04. The molecule has 0 saturated heterocycles. The number of amides is 1. The van der Waals surface area contributed by atoms with Crippen molar-refractivity contribution in [1.82, 2.24) is 4.98 Å². The number of nitrogens with one attached hydrogen (secondary N) is 1. The van der Waals surface area contributed by atoms with E-state index in [1.807, 2.05) is 6.92 Å². The lowest BCUT2D eigenvalue weighted by Gasteiger charge is -2.03. The number of thiazole rings is 1. The summed E-state index contributed by atoms with van der Waals surface area (Å²) in [5, 5.41) is 7.25. The van der Waals surface area contributed by atoms with Gasteiger partial charge in [-0.25, -0.2) is 9.37 Å². The van der Waals surface area contributed by atoms with E-state index in [4.69, 9.17) is 0 Å². The summed E-state index contributed by atoms with van der Waals surface area (Å²) in [6, 6.07) is 0. The number of halogens is 1. The van der Waals surface area contributed by atoms with Crippen LogP contribution in [-0.4, -0.2) is 10.9 Å². The summed E-state index contributed by atoms with van der Waals surface area (Å²) in [7, 11) is 0. The van der Waals surface area contributed by atoms with E-state index in [9.17, 15) is 9.18 Å². The Morgan fingerprint density at radius 2 is 2.27 bits per heavy atom. The van der Waals surface area contributed by atoms with Crippen LogP contribution >= 0.6 is 22.7 Å². The lowest BCUT2D eigenvalue weighted by atomic mass is 10.2. The summed E-state index contributed by atoms with van der Waals surface area (Å²) in [5.41, 5.74) is 2.35. The second-order valence-corrected chi connectivity index (χ2v) is 6.52. The highest BCUT2D eigenvalue weighted by Gasteiger charge is 2.17. The molecule has 2 aromatic heterocycles. The summed E-state index contributed by atoms with van der Waals surface area (Å²) in [5.74, 6) is -1.00. The first-order valence-corrected chi connectivity index (χ1v) is 8.44. The largest absolute Gasteiger partial charge is 0.298 e. The summed E-state index contributed by atoms with van der Waals surface area (Å²) in [4.78, 5) is 17.4. The molecule has 3 nitrogen and oxygen atoms in total. The van der Waals surface area contributed by atoms with Crippen molar-refractivity contribution in [1.29, 1.82) is 0 Å².